The van der Waals surface area contributed by atoms with Crippen molar-refractivity contribution in [1.29, 1.82) is 0 Å². The lowest BCUT2D eigenvalue weighted by atomic mass is 10.1. The number of nitrogens with two attached hydrogens (primary N) is 1. The number of rotatable bonds is 3. The summed E-state index contributed by atoms with van der Waals surface area (Å²) in [5, 5.41) is 0.986. The lowest BCUT2D eigenvalue weighted by Crippen LogP contribution is -1.96. The molecule has 1 aromatic heterocycles. The molecule has 0 saturated heterocycles. The van der Waals surface area contributed by atoms with Gasteiger partial charge in [0.05, 0.1) is 12.1 Å². The summed E-state index contributed by atoms with van der Waals surface area (Å²) in [6, 6.07) is 7.92. The molecule has 0 bridgehead atoms. The van der Waals surface area contributed by atoms with Gasteiger partial charge in [-0.1, -0.05) is 0 Å². The van der Waals surface area contributed by atoms with Crippen molar-refractivity contribution in [2.75, 3.05) is 12.3 Å². The first kappa shape index (κ1) is 10.4. The van der Waals surface area contributed by atoms with Crippen LogP contribution in [0.15, 0.2) is 24.3 Å². The number of fused-ring (bicyclic) bond motifs is 1. The van der Waals surface area contributed by atoms with Gasteiger partial charge < -0.3 is 10.5 Å². The molecule has 3 nitrogen and oxygen atoms in total. The second-order valence-corrected chi connectivity index (χ2v) is 4.52. The molecule has 0 unspecified atom stereocenters. The van der Waals surface area contributed by atoms with E-state index in [1.165, 1.54) is 12.8 Å². The number of benzene rings is 1. The second-order valence-electron chi connectivity index (χ2n) is 4.52. The molecule has 0 aliphatic heterocycles. The zero-order valence-corrected chi connectivity index (χ0v) is 9.94. The third-order valence-electron chi connectivity index (χ3n) is 3.14. The van der Waals surface area contributed by atoms with Crippen molar-refractivity contribution in [2.24, 2.45) is 0 Å². The van der Waals surface area contributed by atoms with Crippen LogP contribution in [0.25, 0.3) is 10.9 Å². The molecule has 3 rings (SSSR count). The number of hydrogen-bond acceptors (Lipinski definition) is 3. The highest BCUT2D eigenvalue weighted by Crippen LogP contribution is 2.40. The molecule has 17 heavy (non-hydrogen) atoms. The van der Waals surface area contributed by atoms with Crippen LogP contribution in [0.4, 0.5) is 5.69 Å². The highest BCUT2D eigenvalue weighted by molar-refractivity contribution is 5.91. The number of aromatic nitrogens is 1. The predicted octanol–water partition coefficient (Wildman–Crippen LogP) is 3.09. The lowest BCUT2D eigenvalue weighted by Gasteiger charge is -2.08. The van der Waals surface area contributed by atoms with Crippen molar-refractivity contribution in [3.05, 3.63) is 30.0 Å². The minimum absolute atomic E-state index is 0.633. The molecule has 0 radical (unpaired) electrons. The highest BCUT2D eigenvalue weighted by atomic mass is 16.5. The van der Waals surface area contributed by atoms with Crippen LogP contribution < -0.4 is 10.5 Å². The normalized spacial score (nSPS) is 15.1. The molecule has 1 aliphatic carbocycles. The zero-order valence-electron chi connectivity index (χ0n) is 9.94. The van der Waals surface area contributed by atoms with Crippen LogP contribution in [0.2, 0.25) is 0 Å². The van der Waals surface area contributed by atoms with E-state index in [2.05, 4.69) is 4.98 Å². The Bertz CT molecular complexity index is 561. The minimum Gasteiger partial charge on any atom is -0.494 e. The second kappa shape index (κ2) is 3.91. The maximum Gasteiger partial charge on any atom is 0.120 e. The van der Waals surface area contributed by atoms with Crippen LogP contribution in [-0.2, 0) is 0 Å². The van der Waals surface area contributed by atoms with E-state index in [0.717, 1.165) is 28.0 Å². The van der Waals surface area contributed by atoms with Gasteiger partial charge in [-0.15, -0.1) is 0 Å². The largest absolute Gasteiger partial charge is 0.494 e. The summed E-state index contributed by atoms with van der Waals surface area (Å²) < 4.78 is 5.48. The van der Waals surface area contributed by atoms with Crippen LogP contribution >= 0.6 is 0 Å². The van der Waals surface area contributed by atoms with E-state index < -0.39 is 0 Å². The van der Waals surface area contributed by atoms with Gasteiger partial charge in [0.2, 0.25) is 0 Å². The molecular weight excluding hydrogens is 212 g/mol. The fraction of sp³-hybridized carbons (Fsp3) is 0.357. The van der Waals surface area contributed by atoms with E-state index in [4.69, 9.17) is 10.5 Å². The summed E-state index contributed by atoms with van der Waals surface area (Å²) >= 11 is 0. The first-order valence-corrected chi connectivity index (χ1v) is 6.11. The maximum absolute atomic E-state index is 6.09. The average molecular weight is 228 g/mol. The van der Waals surface area contributed by atoms with Crippen LogP contribution in [0, 0.1) is 0 Å². The molecule has 3 heteroatoms. The van der Waals surface area contributed by atoms with Gasteiger partial charge in [0.15, 0.2) is 0 Å². The van der Waals surface area contributed by atoms with Gasteiger partial charge in [-0.2, -0.15) is 0 Å². The van der Waals surface area contributed by atoms with E-state index in [9.17, 15) is 0 Å². The molecule has 2 N–H and O–H groups in total. The smallest absolute Gasteiger partial charge is 0.120 e. The van der Waals surface area contributed by atoms with Crippen molar-refractivity contribution < 1.29 is 4.74 Å². The SMILES string of the molecule is CCOc1ccc2nc(C3CC3)cc(N)c2c1. The topological polar surface area (TPSA) is 48.1 Å². The Morgan fingerprint density at radius 3 is 2.88 bits per heavy atom. The Morgan fingerprint density at radius 2 is 2.18 bits per heavy atom. The fourth-order valence-corrected chi connectivity index (χ4v) is 2.10. The van der Waals surface area contributed by atoms with Crippen molar-refractivity contribution in [3.63, 3.8) is 0 Å². The summed E-state index contributed by atoms with van der Waals surface area (Å²) in [7, 11) is 0. The van der Waals surface area contributed by atoms with E-state index in [0.29, 0.717) is 12.5 Å². The fourth-order valence-electron chi connectivity index (χ4n) is 2.10. The van der Waals surface area contributed by atoms with Crippen molar-refractivity contribution in [1.82, 2.24) is 4.98 Å². The summed E-state index contributed by atoms with van der Waals surface area (Å²) in [4.78, 5) is 4.66. The minimum atomic E-state index is 0.633. The Morgan fingerprint density at radius 1 is 1.35 bits per heavy atom. The van der Waals surface area contributed by atoms with Crippen molar-refractivity contribution in [3.8, 4) is 5.75 Å². The molecule has 0 atom stereocenters. The van der Waals surface area contributed by atoms with Crippen LogP contribution in [-0.4, -0.2) is 11.6 Å². The summed E-state index contributed by atoms with van der Waals surface area (Å²) in [5.74, 6) is 1.49. The van der Waals surface area contributed by atoms with E-state index in [1.807, 2.05) is 31.2 Å². The molecular formula is C14H16N2O. The number of anilines is 1. The van der Waals surface area contributed by atoms with Crippen molar-refractivity contribution in [2.45, 2.75) is 25.7 Å². The van der Waals surface area contributed by atoms with Gasteiger partial charge in [0, 0.05) is 22.7 Å². The number of nitrogens with zero attached hydrogens (tertiary/aromatic N) is 1. The van der Waals surface area contributed by atoms with Gasteiger partial charge >= 0.3 is 0 Å². The monoisotopic (exact) mass is 228 g/mol. The highest BCUT2D eigenvalue weighted by Gasteiger charge is 2.25. The quantitative estimate of drug-likeness (QED) is 0.878. The summed E-state index contributed by atoms with van der Waals surface area (Å²) in [5.41, 5.74) is 9.00. The van der Waals surface area contributed by atoms with Crippen LogP contribution in [0.3, 0.4) is 0 Å². The average Bonchev–Trinajstić information content (AvgIpc) is 3.14. The first-order chi connectivity index (χ1) is 8.28. The Kier molecular flexibility index (Phi) is 2.39. The third-order valence-corrected chi connectivity index (χ3v) is 3.14. The molecule has 0 amide bonds. The van der Waals surface area contributed by atoms with Gasteiger partial charge in [-0.05, 0) is 44.0 Å². The Hall–Kier alpha value is -1.77. The summed E-state index contributed by atoms with van der Waals surface area (Å²) in [6.45, 7) is 2.64. The van der Waals surface area contributed by atoms with Gasteiger partial charge in [0.1, 0.15) is 5.75 Å². The van der Waals surface area contributed by atoms with Crippen molar-refractivity contribution >= 4 is 16.6 Å². The molecule has 2 aromatic rings. The molecule has 0 spiro atoms. The molecule has 1 aliphatic rings. The third kappa shape index (κ3) is 1.93. The molecule has 88 valence electrons. The predicted molar refractivity (Wildman–Crippen MR) is 69.3 cm³/mol. The van der Waals surface area contributed by atoms with Crippen LogP contribution in [0.1, 0.15) is 31.4 Å². The lowest BCUT2D eigenvalue weighted by molar-refractivity contribution is 0.340. The van der Waals surface area contributed by atoms with Gasteiger partial charge in [-0.25, -0.2) is 0 Å². The number of hydrogen-bond donors (Lipinski definition) is 1. The number of ether oxygens (including phenoxy) is 1. The summed E-state index contributed by atoms with van der Waals surface area (Å²) in [6.07, 6.45) is 2.49. The Labute approximate surface area is 101 Å². The van der Waals surface area contributed by atoms with E-state index in [1.54, 1.807) is 0 Å². The Balaban J connectivity index is 2.10. The number of nitrogen functional groups attached to an aromatic ring is 1. The van der Waals surface area contributed by atoms with Crippen LogP contribution in [0.5, 0.6) is 5.75 Å². The molecule has 1 saturated carbocycles. The van der Waals surface area contributed by atoms with Gasteiger partial charge in [-0.3, -0.25) is 4.98 Å². The standard InChI is InChI=1S/C14H16N2O/c1-2-17-10-5-6-13-11(7-10)12(15)8-14(16-13)9-3-4-9/h5-9H,2-4H2,1H3,(H2,15,16). The molecule has 1 heterocycles. The van der Waals surface area contributed by atoms with E-state index in [-0.39, 0.29) is 0 Å². The molecule has 1 aromatic carbocycles. The van der Waals surface area contributed by atoms with E-state index >= 15 is 0 Å². The maximum atomic E-state index is 6.09. The zero-order chi connectivity index (χ0) is 11.8. The number of pyridine rings is 1. The first-order valence-electron chi connectivity index (χ1n) is 6.11. The molecule has 1 fully saturated rings. The van der Waals surface area contributed by atoms with Gasteiger partial charge in [0.25, 0.3) is 0 Å².